The number of carbonyl (C=O) groups is 3. The van der Waals surface area contributed by atoms with Gasteiger partial charge in [-0.3, -0.25) is 25.0 Å². The van der Waals surface area contributed by atoms with Crippen molar-refractivity contribution in [1.82, 2.24) is 0 Å². The van der Waals surface area contributed by atoms with E-state index < -0.39 is 45.5 Å². The molecule has 0 heterocycles. The van der Waals surface area contributed by atoms with E-state index in [1.54, 1.807) is 0 Å². The highest BCUT2D eigenvalue weighted by molar-refractivity contribution is 6.00. The zero-order valence-electron chi connectivity index (χ0n) is 15.7. The van der Waals surface area contributed by atoms with Gasteiger partial charge in [-0.15, -0.1) is 0 Å². The maximum absolute atomic E-state index is 12.4. The molecule has 2 rings (SSSR count). The van der Waals surface area contributed by atoms with Gasteiger partial charge in [0.05, 0.1) is 47.7 Å². The lowest BCUT2D eigenvalue weighted by Crippen LogP contribution is -2.17. The van der Waals surface area contributed by atoms with E-state index in [4.69, 9.17) is 0 Å². The number of hydrogen-bond acceptors (Lipinski definition) is 9. The Bertz CT molecular complexity index is 1010. The van der Waals surface area contributed by atoms with Crippen LogP contribution in [0.5, 0.6) is 0 Å². The number of ether oxygens (including phenoxy) is 2. The number of nitrogens with one attached hydrogen (secondary N) is 1. The first-order valence-electron chi connectivity index (χ1n) is 8.19. The van der Waals surface area contributed by atoms with Crippen LogP contribution in [-0.2, 0) is 20.7 Å². The molecule has 0 unspecified atom stereocenters. The number of non-ortho nitro benzene ring substituents is 1. The molecule has 12 nitrogen and oxygen atoms in total. The zero-order valence-corrected chi connectivity index (χ0v) is 15.7. The Labute approximate surface area is 168 Å². The van der Waals surface area contributed by atoms with Crippen molar-refractivity contribution in [3.63, 3.8) is 0 Å². The van der Waals surface area contributed by atoms with E-state index in [0.717, 1.165) is 32.4 Å². The van der Waals surface area contributed by atoms with Gasteiger partial charge in [0.2, 0.25) is 5.91 Å². The second kappa shape index (κ2) is 9.23. The number of nitro benzene ring substituents is 2. The second-order valence-electron chi connectivity index (χ2n) is 5.83. The third kappa shape index (κ3) is 5.13. The van der Waals surface area contributed by atoms with Crippen molar-refractivity contribution >= 4 is 34.9 Å². The molecule has 156 valence electrons. The van der Waals surface area contributed by atoms with Crippen molar-refractivity contribution in [2.75, 3.05) is 19.5 Å². The number of anilines is 1. The number of amides is 1. The summed E-state index contributed by atoms with van der Waals surface area (Å²) in [4.78, 5) is 56.3. The van der Waals surface area contributed by atoms with Gasteiger partial charge in [0.15, 0.2) is 0 Å². The summed E-state index contributed by atoms with van der Waals surface area (Å²) in [7, 11) is 2.28. The van der Waals surface area contributed by atoms with Gasteiger partial charge in [-0.05, 0) is 24.3 Å². The van der Waals surface area contributed by atoms with Crippen LogP contribution in [0.25, 0.3) is 0 Å². The molecule has 1 amide bonds. The molecule has 0 aliphatic carbocycles. The predicted molar refractivity (Wildman–Crippen MR) is 101 cm³/mol. The lowest BCUT2D eigenvalue weighted by atomic mass is 10.1. The molecule has 0 radical (unpaired) electrons. The first kappa shape index (κ1) is 21.9. The molecule has 2 aromatic rings. The molecule has 0 bridgehead atoms. The van der Waals surface area contributed by atoms with E-state index in [1.807, 2.05) is 0 Å². The molecule has 0 saturated carbocycles. The van der Waals surface area contributed by atoms with Crippen LogP contribution in [0.2, 0.25) is 0 Å². The number of esters is 2. The SMILES string of the molecule is COC(=O)c1cc(NC(=O)Cc2ccc([N+](=O)[O-])cc2[N+](=O)[O-])cc(C(=O)OC)c1. The minimum absolute atomic E-state index is 0.0305. The molecule has 2 aromatic carbocycles. The van der Waals surface area contributed by atoms with Gasteiger partial charge < -0.3 is 14.8 Å². The Balaban J connectivity index is 2.32. The van der Waals surface area contributed by atoms with Crippen molar-refractivity contribution in [2.24, 2.45) is 0 Å². The van der Waals surface area contributed by atoms with E-state index >= 15 is 0 Å². The highest BCUT2D eigenvalue weighted by Gasteiger charge is 2.22. The van der Waals surface area contributed by atoms with Crippen molar-refractivity contribution in [3.8, 4) is 0 Å². The van der Waals surface area contributed by atoms with Gasteiger partial charge in [0.1, 0.15) is 0 Å². The number of benzene rings is 2. The van der Waals surface area contributed by atoms with Crippen LogP contribution in [0.15, 0.2) is 36.4 Å². The van der Waals surface area contributed by atoms with E-state index in [0.29, 0.717) is 0 Å². The van der Waals surface area contributed by atoms with Crippen molar-refractivity contribution < 1.29 is 33.7 Å². The van der Waals surface area contributed by atoms with Crippen LogP contribution in [-0.4, -0.2) is 41.9 Å². The molecule has 0 aromatic heterocycles. The van der Waals surface area contributed by atoms with Gasteiger partial charge in [0, 0.05) is 17.3 Å². The Morgan fingerprint density at radius 3 is 1.93 bits per heavy atom. The summed E-state index contributed by atoms with van der Waals surface area (Å²) < 4.78 is 9.20. The van der Waals surface area contributed by atoms with E-state index in [9.17, 15) is 34.6 Å². The molecule has 0 aliphatic rings. The number of rotatable bonds is 7. The fraction of sp³-hybridized carbons (Fsp3) is 0.167. The lowest BCUT2D eigenvalue weighted by molar-refractivity contribution is -0.394. The van der Waals surface area contributed by atoms with Gasteiger partial charge in [-0.1, -0.05) is 0 Å². The summed E-state index contributed by atoms with van der Waals surface area (Å²) in [6.45, 7) is 0. The molecular formula is C18H15N3O9. The van der Waals surface area contributed by atoms with Gasteiger partial charge in [-0.2, -0.15) is 0 Å². The Kier molecular flexibility index (Phi) is 6.75. The summed E-state index contributed by atoms with van der Waals surface area (Å²) >= 11 is 0. The average molecular weight is 417 g/mol. The Morgan fingerprint density at radius 1 is 0.900 bits per heavy atom. The summed E-state index contributed by atoms with van der Waals surface area (Å²) in [5, 5.41) is 24.4. The maximum Gasteiger partial charge on any atom is 0.337 e. The molecular weight excluding hydrogens is 402 g/mol. The number of methoxy groups -OCH3 is 2. The summed E-state index contributed by atoms with van der Waals surface area (Å²) in [6, 6.07) is 6.63. The molecule has 0 saturated heterocycles. The quantitative estimate of drug-likeness (QED) is 0.403. The second-order valence-corrected chi connectivity index (χ2v) is 5.83. The van der Waals surface area contributed by atoms with Crippen LogP contribution in [0.4, 0.5) is 17.1 Å². The highest BCUT2D eigenvalue weighted by Crippen LogP contribution is 2.25. The number of carbonyl (C=O) groups excluding carboxylic acids is 3. The fourth-order valence-electron chi connectivity index (χ4n) is 2.53. The molecule has 30 heavy (non-hydrogen) atoms. The molecule has 1 N–H and O–H groups in total. The topological polar surface area (TPSA) is 168 Å². The average Bonchev–Trinajstić information content (AvgIpc) is 2.71. The molecule has 0 aliphatic heterocycles. The van der Waals surface area contributed by atoms with Crippen LogP contribution in [0, 0.1) is 20.2 Å². The third-order valence-electron chi connectivity index (χ3n) is 3.89. The smallest absolute Gasteiger partial charge is 0.337 e. The largest absolute Gasteiger partial charge is 0.465 e. The highest BCUT2D eigenvalue weighted by atomic mass is 16.6. The van der Waals surface area contributed by atoms with Gasteiger partial charge >= 0.3 is 11.9 Å². The van der Waals surface area contributed by atoms with Gasteiger partial charge in [-0.25, -0.2) is 9.59 Å². The maximum atomic E-state index is 12.4. The minimum Gasteiger partial charge on any atom is -0.465 e. The predicted octanol–water partition coefficient (Wildman–Crippen LogP) is 2.26. The Morgan fingerprint density at radius 2 is 1.47 bits per heavy atom. The monoisotopic (exact) mass is 417 g/mol. The zero-order chi connectivity index (χ0) is 22.4. The number of nitrogens with zero attached hydrogens (tertiary/aromatic N) is 2. The van der Waals surface area contributed by atoms with Crippen LogP contribution < -0.4 is 5.32 Å². The van der Waals surface area contributed by atoms with E-state index in [-0.39, 0.29) is 22.4 Å². The number of hydrogen-bond donors (Lipinski definition) is 1. The van der Waals surface area contributed by atoms with Crippen LogP contribution in [0.3, 0.4) is 0 Å². The first-order valence-corrected chi connectivity index (χ1v) is 8.19. The molecule has 12 heteroatoms. The van der Waals surface area contributed by atoms with Crippen LogP contribution in [0.1, 0.15) is 26.3 Å². The number of nitro groups is 2. The third-order valence-corrected chi connectivity index (χ3v) is 3.89. The standard InChI is InChI=1S/C18H15N3O9/c1-29-17(23)11-5-12(18(24)30-2)7-13(6-11)19-16(22)8-10-3-4-14(20(25)26)9-15(10)21(27)28/h3-7,9H,8H2,1-2H3,(H,19,22). The van der Waals surface area contributed by atoms with Crippen molar-refractivity contribution in [2.45, 2.75) is 6.42 Å². The lowest BCUT2D eigenvalue weighted by Gasteiger charge is -2.10. The van der Waals surface area contributed by atoms with Crippen LogP contribution >= 0.6 is 0 Å². The van der Waals surface area contributed by atoms with Crippen molar-refractivity contribution in [3.05, 3.63) is 73.3 Å². The van der Waals surface area contributed by atoms with E-state index in [1.165, 1.54) is 18.2 Å². The molecule has 0 spiro atoms. The summed E-state index contributed by atoms with van der Waals surface area (Å²) in [5.41, 5.74) is -1.14. The van der Waals surface area contributed by atoms with Gasteiger partial charge in [0.25, 0.3) is 11.4 Å². The van der Waals surface area contributed by atoms with E-state index in [2.05, 4.69) is 14.8 Å². The summed E-state index contributed by atoms with van der Waals surface area (Å²) in [6.07, 6.45) is -0.482. The summed E-state index contributed by atoms with van der Waals surface area (Å²) in [5.74, 6) is -2.24. The normalized spacial score (nSPS) is 10.1. The minimum atomic E-state index is -0.831. The fourth-order valence-corrected chi connectivity index (χ4v) is 2.53. The first-order chi connectivity index (χ1) is 14.2. The molecule has 0 atom stereocenters. The van der Waals surface area contributed by atoms with Crippen molar-refractivity contribution in [1.29, 1.82) is 0 Å². The Hall–Kier alpha value is -4.35. The molecule has 0 fully saturated rings.